The maximum absolute atomic E-state index is 12.5. The van der Waals surface area contributed by atoms with Gasteiger partial charge in [0.15, 0.2) is 0 Å². The Labute approximate surface area is 140 Å². The summed E-state index contributed by atoms with van der Waals surface area (Å²) in [6, 6.07) is -0.0813. The smallest absolute Gasteiger partial charge is 0.244 e. The van der Waals surface area contributed by atoms with Crippen molar-refractivity contribution in [1.82, 2.24) is 14.9 Å². The van der Waals surface area contributed by atoms with Crippen molar-refractivity contribution in [1.29, 1.82) is 0 Å². The number of carbonyl (C=O) groups excluding carboxylic acids is 1. The Balaban J connectivity index is 1.82. The third-order valence-corrected chi connectivity index (χ3v) is 6.18. The van der Waals surface area contributed by atoms with Crippen molar-refractivity contribution in [2.75, 3.05) is 25.5 Å². The summed E-state index contributed by atoms with van der Waals surface area (Å²) in [6.45, 7) is 0.904. The van der Waals surface area contributed by atoms with E-state index in [0.717, 1.165) is 42.9 Å². The van der Waals surface area contributed by atoms with E-state index in [9.17, 15) is 4.79 Å². The summed E-state index contributed by atoms with van der Waals surface area (Å²) >= 11 is 1.82. The molecule has 0 spiro atoms. The number of carbonyl (C=O) groups is 1. The lowest BCUT2D eigenvalue weighted by atomic mass is 9.97. The summed E-state index contributed by atoms with van der Waals surface area (Å²) in [6.07, 6.45) is 8.42. The largest absolute Gasteiger partial charge is 0.347 e. The molecule has 1 amide bonds. The molecule has 2 aromatic rings. The van der Waals surface area contributed by atoms with Gasteiger partial charge in [-0.3, -0.25) is 4.79 Å². The molecule has 0 saturated carbocycles. The fourth-order valence-corrected chi connectivity index (χ4v) is 5.09. The monoisotopic (exact) mass is 330 g/mol. The highest BCUT2D eigenvalue weighted by molar-refractivity contribution is 7.19. The number of fused-ring (bicyclic) bond motifs is 3. The molecule has 0 N–H and O–H groups in total. The number of aromatic nitrogens is 2. The van der Waals surface area contributed by atoms with Crippen LogP contribution in [-0.2, 0) is 17.6 Å². The first-order valence-corrected chi connectivity index (χ1v) is 9.21. The summed E-state index contributed by atoms with van der Waals surface area (Å²) in [5.41, 5.74) is 1.44. The summed E-state index contributed by atoms with van der Waals surface area (Å²) in [7, 11) is 3.67. The van der Waals surface area contributed by atoms with Crippen LogP contribution in [0.1, 0.15) is 36.1 Å². The first-order valence-electron chi connectivity index (χ1n) is 8.40. The zero-order valence-corrected chi connectivity index (χ0v) is 14.5. The maximum atomic E-state index is 12.5. The van der Waals surface area contributed by atoms with Crippen LogP contribution in [0.2, 0.25) is 0 Å². The third-order valence-electron chi connectivity index (χ3n) is 4.98. The molecule has 23 heavy (non-hydrogen) atoms. The maximum Gasteiger partial charge on any atom is 0.244 e. The molecule has 1 aliphatic heterocycles. The first kappa shape index (κ1) is 14.9. The molecule has 1 atom stereocenters. The second-order valence-corrected chi connectivity index (χ2v) is 7.76. The highest BCUT2D eigenvalue weighted by Crippen LogP contribution is 2.40. The van der Waals surface area contributed by atoms with Crippen LogP contribution in [-0.4, -0.2) is 47.5 Å². The molecule has 3 heterocycles. The Morgan fingerprint density at radius 1 is 1.26 bits per heavy atom. The number of aryl methyl sites for hydroxylation is 2. The number of nitrogens with zero attached hydrogens (tertiary/aromatic N) is 4. The van der Waals surface area contributed by atoms with Gasteiger partial charge in [-0.15, -0.1) is 11.3 Å². The lowest BCUT2D eigenvalue weighted by Crippen LogP contribution is -2.43. The molecule has 1 fully saturated rings. The van der Waals surface area contributed by atoms with Crippen LogP contribution in [0.4, 0.5) is 5.82 Å². The molecule has 1 saturated heterocycles. The van der Waals surface area contributed by atoms with Gasteiger partial charge in [-0.1, -0.05) is 0 Å². The average Bonchev–Trinajstić information content (AvgIpc) is 3.18. The van der Waals surface area contributed by atoms with Crippen molar-refractivity contribution in [2.24, 2.45) is 0 Å². The SMILES string of the molecule is CN(C)C(=O)C1CCCN1c1ncnc2sc3c(c12)CCCC3. The fraction of sp³-hybridized carbons (Fsp3) is 0.588. The molecule has 2 aromatic heterocycles. The van der Waals surface area contributed by atoms with Gasteiger partial charge in [-0.05, 0) is 44.1 Å². The highest BCUT2D eigenvalue weighted by atomic mass is 32.1. The lowest BCUT2D eigenvalue weighted by molar-refractivity contribution is -0.129. The number of rotatable bonds is 2. The predicted molar refractivity (Wildman–Crippen MR) is 93.1 cm³/mol. The zero-order chi connectivity index (χ0) is 16.0. The van der Waals surface area contributed by atoms with E-state index < -0.39 is 0 Å². The Kier molecular flexibility index (Phi) is 3.71. The van der Waals surface area contributed by atoms with Crippen molar-refractivity contribution in [3.8, 4) is 0 Å². The summed E-state index contributed by atoms with van der Waals surface area (Å²) in [5, 5.41) is 1.21. The molecule has 2 aliphatic rings. The quantitative estimate of drug-likeness (QED) is 0.849. The van der Waals surface area contributed by atoms with Crippen LogP contribution in [0.25, 0.3) is 10.2 Å². The second kappa shape index (κ2) is 5.74. The van der Waals surface area contributed by atoms with Crippen molar-refractivity contribution in [3.05, 3.63) is 16.8 Å². The minimum Gasteiger partial charge on any atom is -0.347 e. The molecule has 122 valence electrons. The molecule has 5 nitrogen and oxygen atoms in total. The number of amides is 1. The number of thiophene rings is 1. The minimum absolute atomic E-state index is 0.0813. The normalized spacial score (nSPS) is 20.8. The van der Waals surface area contributed by atoms with Gasteiger partial charge in [-0.2, -0.15) is 0 Å². The zero-order valence-electron chi connectivity index (χ0n) is 13.7. The Hall–Kier alpha value is -1.69. The molecular weight excluding hydrogens is 308 g/mol. The molecule has 6 heteroatoms. The predicted octanol–water partition coefficient (Wildman–Crippen LogP) is 2.63. The Morgan fingerprint density at radius 2 is 2.09 bits per heavy atom. The van der Waals surface area contributed by atoms with Crippen LogP contribution in [0.15, 0.2) is 6.33 Å². The van der Waals surface area contributed by atoms with Gasteiger partial charge in [-0.25, -0.2) is 9.97 Å². The van der Waals surface area contributed by atoms with E-state index in [-0.39, 0.29) is 11.9 Å². The third kappa shape index (κ3) is 2.40. The number of hydrogen-bond donors (Lipinski definition) is 0. The van der Waals surface area contributed by atoms with Crippen LogP contribution in [0.5, 0.6) is 0 Å². The molecule has 1 aliphatic carbocycles. The molecule has 0 bridgehead atoms. The molecular formula is C17H22N4OS. The van der Waals surface area contributed by atoms with Gasteiger partial charge in [0.25, 0.3) is 0 Å². The van der Waals surface area contributed by atoms with Gasteiger partial charge in [0, 0.05) is 25.5 Å². The van der Waals surface area contributed by atoms with E-state index in [0.29, 0.717) is 0 Å². The van der Waals surface area contributed by atoms with Crippen molar-refractivity contribution < 1.29 is 4.79 Å². The summed E-state index contributed by atoms with van der Waals surface area (Å²) in [5.74, 6) is 1.16. The number of hydrogen-bond acceptors (Lipinski definition) is 5. The number of likely N-dealkylation sites (N-methyl/N-ethyl adjacent to an activating group) is 1. The van der Waals surface area contributed by atoms with E-state index in [4.69, 9.17) is 0 Å². The van der Waals surface area contributed by atoms with Crippen molar-refractivity contribution >= 4 is 33.3 Å². The van der Waals surface area contributed by atoms with Gasteiger partial charge >= 0.3 is 0 Å². The van der Waals surface area contributed by atoms with E-state index in [1.54, 1.807) is 11.2 Å². The highest BCUT2D eigenvalue weighted by Gasteiger charge is 2.34. The molecule has 0 radical (unpaired) electrons. The Bertz CT molecular complexity index is 754. The van der Waals surface area contributed by atoms with Crippen LogP contribution < -0.4 is 4.90 Å². The van der Waals surface area contributed by atoms with E-state index in [2.05, 4.69) is 14.9 Å². The number of anilines is 1. The van der Waals surface area contributed by atoms with E-state index in [1.807, 2.05) is 25.4 Å². The topological polar surface area (TPSA) is 49.3 Å². The molecule has 4 rings (SSSR count). The van der Waals surface area contributed by atoms with Gasteiger partial charge in [0.1, 0.15) is 23.0 Å². The van der Waals surface area contributed by atoms with Gasteiger partial charge in [0.05, 0.1) is 5.39 Å². The van der Waals surface area contributed by atoms with E-state index in [1.165, 1.54) is 28.7 Å². The molecule has 1 unspecified atom stereocenters. The summed E-state index contributed by atoms with van der Waals surface area (Å²) < 4.78 is 0. The van der Waals surface area contributed by atoms with Gasteiger partial charge in [0.2, 0.25) is 5.91 Å². The van der Waals surface area contributed by atoms with Gasteiger partial charge < -0.3 is 9.80 Å². The lowest BCUT2D eigenvalue weighted by Gasteiger charge is -2.28. The van der Waals surface area contributed by atoms with Crippen LogP contribution in [0, 0.1) is 0 Å². The minimum atomic E-state index is -0.0813. The van der Waals surface area contributed by atoms with Crippen LogP contribution >= 0.6 is 11.3 Å². The second-order valence-electron chi connectivity index (χ2n) is 6.67. The Morgan fingerprint density at radius 3 is 2.91 bits per heavy atom. The van der Waals surface area contributed by atoms with E-state index >= 15 is 0 Å². The van der Waals surface area contributed by atoms with Crippen molar-refractivity contribution in [3.63, 3.8) is 0 Å². The van der Waals surface area contributed by atoms with Crippen LogP contribution in [0.3, 0.4) is 0 Å². The standard InChI is InChI=1S/C17H22N4OS/c1-20(2)17(22)12-7-5-9-21(12)15-14-11-6-3-4-8-13(11)23-16(14)19-10-18-15/h10,12H,3-9H2,1-2H3. The fourth-order valence-electron chi connectivity index (χ4n) is 3.87. The first-order chi connectivity index (χ1) is 11.2. The average molecular weight is 330 g/mol. The summed E-state index contributed by atoms with van der Waals surface area (Å²) in [4.78, 5) is 28.1. The van der Waals surface area contributed by atoms with Crippen molar-refractivity contribution in [2.45, 2.75) is 44.6 Å². The molecule has 0 aromatic carbocycles.